The number of pyridine rings is 1. The molecule has 1 aromatic carbocycles. The van der Waals surface area contributed by atoms with Crippen LogP contribution in [0.1, 0.15) is 29.2 Å². The van der Waals surface area contributed by atoms with E-state index in [-0.39, 0.29) is 0 Å². The Hall–Kier alpha value is -1.63. The van der Waals surface area contributed by atoms with Crippen LogP contribution in [0.2, 0.25) is 0 Å². The zero-order chi connectivity index (χ0) is 10.1. The summed E-state index contributed by atoms with van der Waals surface area (Å²) in [6.45, 7) is 0. The highest BCUT2D eigenvalue weighted by molar-refractivity contribution is 5.37. The predicted molar refractivity (Wildman–Crippen MR) is 60.8 cm³/mol. The van der Waals surface area contributed by atoms with Crippen molar-refractivity contribution in [2.45, 2.75) is 18.8 Å². The standard InChI is InChI=1S/C14H13N/c1-2-5-11(6-3-1)13-9-8-12-7-4-10-15-14(12)13/h1-7,10,13H,8-9H2. The Labute approximate surface area is 89.8 Å². The number of nitrogens with zero attached hydrogens (tertiary/aromatic N) is 1. The third kappa shape index (κ3) is 1.44. The van der Waals surface area contributed by atoms with Crippen molar-refractivity contribution in [3.05, 3.63) is 65.5 Å². The molecular weight excluding hydrogens is 182 g/mol. The lowest BCUT2D eigenvalue weighted by molar-refractivity contribution is 0.772. The van der Waals surface area contributed by atoms with Gasteiger partial charge in [0.15, 0.2) is 0 Å². The molecule has 0 bridgehead atoms. The molecule has 2 aromatic rings. The summed E-state index contributed by atoms with van der Waals surface area (Å²) in [5.74, 6) is 0.516. The van der Waals surface area contributed by atoms with Crippen molar-refractivity contribution in [3.8, 4) is 0 Å². The lowest BCUT2D eigenvalue weighted by Gasteiger charge is -2.10. The molecule has 1 heterocycles. The minimum atomic E-state index is 0.516. The van der Waals surface area contributed by atoms with Crippen LogP contribution in [0.25, 0.3) is 0 Å². The summed E-state index contributed by atoms with van der Waals surface area (Å²) in [6.07, 6.45) is 4.28. The molecule has 15 heavy (non-hydrogen) atoms. The maximum atomic E-state index is 4.52. The second-order valence-electron chi connectivity index (χ2n) is 4.05. The molecule has 1 unspecified atom stereocenters. The molecule has 0 amide bonds. The minimum Gasteiger partial charge on any atom is -0.260 e. The van der Waals surface area contributed by atoms with E-state index in [4.69, 9.17) is 0 Å². The van der Waals surface area contributed by atoms with E-state index in [0.29, 0.717) is 5.92 Å². The zero-order valence-corrected chi connectivity index (χ0v) is 8.56. The molecule has 0 saturated carbocycles. The van der Waals surface area contributed by atoms with Crippen molar-refractivity contribution in [1.29, 1.82) is 0 Å². The minimum absolute atomic E-state index is 0.516. The highest BCUT2D eigenvalue weighted by Gasteiger charge is 2.24. The third-order valence-corrected chi connectivity index (χ3v) is 3.16. The summed E-state index contributed by atoms with van der Waals surface area (Å²) in [5, 5.41) is 0. The molecule has 0 spiro atoms. The Kier molecular flexibility index (Phi) is 2.02. The number of hydrogen-bond donors (Lipinski definition) is 0. The van der Waals surface area contributed by atoms with Crippen LogP contribution in [-0.2, 0) is 6.42 Å². The molecule has 1 nitrogen and oxygen atoms in total. The van der Waals surface area contributed by atoms with E-state index in [1.165, 1.54) is 29.7 Å². The van der Waals surface area contributed by atoms with Gasteiger partial charge < -0.3 is 0 Å². The zero-order valence-electron chi connectivity index (χ0n) is 8.56. The second kappa shape index (κ2) is 3.50. The van der Waals surface area contributed by atoms with Crippen LogP contribution >= 0.6 is 0 Å². The summed E-state index contributed by atoms with van der Waals surface area (Å²) < 4.78 is 0. The van der Waals surface area contributed by atoms with Gasteiger partial charge >= 0.3 is 0 Å². The maximum absolute atomic E-state index is 4.52. The Morgan fingerprint density at radius 2 is 1.87 bits per heavy atom. The van der Waals surface area contributed by atoms with Gasteiger partial charge in [0.1, 0.15) is 0 Å². The van der Waals surface area contributed by atoms with E-state index in [1.807, 2.05) is 12.3 Å². The van der Waals surface area contributed by atoms with E-state index in [9.17, 15) is 0 Å². The molecule has 0 fully saturated rings. The van der Waals surface area contributed by atoms with Crippen LogP contribution in [0, 0.1) is 0 Å². The van der Waals surface area contributed by atoms with Gasteiger partial charge in [0.05, 0.1) is 5.69 Å². The normalized spacial score (nSPS) is 18.8. The molecule has 1 atom stereocenters. The second-order valence-corrected chi connectivity index (χ2v) is 4.05. The van der Waals surface area contributed by atoms with Crippen LogP contribution < -0.4 is 0 Å². The average Bonchev–Trinajstić information content (AvgIpc) is 2.74. The Bertz CT molecular complexity index is 462. The fraction of sp³-hybridized carbons (Fsp3) is 0.214. The van der Waals surface area contributed by atoms with Gasteiger partial charge in [-0.15, -0.1) is 0 Å². The van der Waals surface area contributed by atoms with E-state index in [0.717, 1.165) is 0 Å². The fourth-order valence-electron chi connectivity index (χ4n) is 2.42. The summed E-state index contributed by atoms with van der Waals surface area (Å²) in [5.41, 5.74) is 4.10. The quantitative estimate of drug-likeness (QED) is 0.681. The monoisotopic (exact) mass is 195 g/mol. The van der Waals surface area contributed by atoms with Crippen LogP contribution in [0.3, 0.4) is 0 Å². The first kappa shape index (κ1) is 8.66. The SMILES string of the molecule is c1ccc(C2CCc3cccnc32)cc1. The van der Waals surface area contributed by atoms with Crippen molar-refractivity contribution in [2.24, 2.45) is 0 Å². The molecule has 1 aliphatic carbocycles. The van der Waals surface area contributed by atoms with Crippen molar-refractivity contribution >= 4 is 0 Å². The number of rotatable bonds is 1. The lowest BCUT2D eigenvalue weighted by atomic mass is 9.97. The topological polar surface area (TPSA) is 12.9 Å². The van der Waals surface area contributed by atoms with E-state index in [1.54, 1.807) is 0 Å². The molecule has 74 valence electrons. The number of fused-ring (bicyclic) bond motifs is 1. The van der Waals surface area contributed by atoms with E-state index >= 15 is 0 Å². The van der Waals surface area contributed by atoms with Crippen LogP contribution in [0.4, 0.5) is 0 Å². The predicted octanol–water partition coefficient (Wildman–Crippen LogP) is 3.16. The van der Waals surface area contributed by atoms with Gasteiger partial charge in [-0.3, -0.25) is 4.98 Å². The van der Waals surface area contributed by atoms with Crippen molar-refractivity contribution in [1.82, 2.24) is 4.98 Å². The Morgan fingerprint density at radius 3 is 2.73 bits per heavy atom. The number of aryl methyl sites for hydroxylation is 1. The summed E-state index contributed by atoms with van der Waals surface area (Å²) >= 11 is 0. The molecule has 3 rings (SSSR count). The van der Waals surface area contributed by atoms with Gasteiger partial charge in [0, 0.05) is 12.1 Å². The molecule has 0 N–H and O–H groups in total. The average molecular weight is 195 g/mol. The highest BCUT2D eigenvalue weighted by atomic mass is 14.7. The molecule has 0 saturated heterocycles. The Morgan fingerprint density at radius 1 is 1.00 bits per heavy atom. The molecule has 0 radical (unpaired) electrons. The number of benzene rings is 1. The number of hydrogen-bond acceptors (Lipinski definition) is 1. The summed E-state index contributed by atoms with van der Waals surface area (Å²) in [4.78, 5) is 4.52. The van der Waals surface area contributed by atoms with Gasteiger partial charge in [0.25, 0.3) is 0 Å². The largest absolute Gasteiger partial charge is 0.260 e. The van der Waals surface area contributed by atoms with E-state index in [2.05, 4.69) is 41.4 Å². The molecule has 0 aliphatic heterocycles. The van der Waals surface area contributed by atoms with Crippen molar-refractivity contribution in [2.75, 3.05) is 0 Å². The van der Waals surface area contributed by atoms with Gasteiger partial charge in [-0.05, 0) is 30.0 Å². The summed E-state index contributed by atoms with van der Waals surface area (Å²) in [6, 6.07) is 14.9. The lowest BCUT2D eigenvalue weighted by Crippen LogP contribution is -1.97. The van der Waals surface area contributed by atoms with Crippen LogP contribution in [-0.4, -0.2) is 4.98 Å². The first-order valence-electron chi connectivity index (χ1n) is 5.44. The van der Waals surface area contributed by atoms with Crippen LogP contribution in [0.5, 0.6) is 0 Å². The van der Waals surface area contributed by atoms with Crippen molar-refractivity contribution in [3.63, 3.8) is 0 Å². The highest BCUT2D eigenvalue weighted by Crippen LogP contribution is 2.35. The van der Waals surface area contributed by atoms with Crippen LogP contribution in [0.15, 0.2) is 48.7 Å². The molecular formula is C14H13N. The molecule has 1 heteroatoms. The van der Waals surface area contributed by atoms with Crippen molar-refractivity contribution < 1.29 is 0 Å². The first-order chi connectivity index (χ1) is 7.45. The number of aromatic nitrogens is 1. The van der Waals surface area contributed by atoms with Gasteiger partial charge in [-0.25, -0.2) is 0 Å². The third-order valence-electron chi connectivity index (χ3n) is 3.16. The van der Waals surface area contributed by atoms with Gasteiger partial charge in [-0.1, -0.05) is 36.4 Å². The smallest absolute Gasteiger partial charge is 0.0510 e. The summed E-state index contributed by atoms with van der Waals surface area (Å²) in [7, 11) is 0. The maximum Gasteiger partial charge on any atom is 0.0510 e. The molecule has 1 aromatic heterocycles. The fourth-order valence-corrected chi connectivity index (χ4v) is 2.42. The van der Waals surface area contributed by atoms with Gasteiger partial charge in [-0.2, -0.15) is 0 Å². The molecule has 1 aliphatic rings. The van der Waals surface area contributed by atoms with E-state index < -0.39 is 0 Å². The Balaban J connectivity index is 2.05. The van der Waals surface area contributed by atoms with Gasteiger partial charge in [0.2, 0.25) is 0 Å². The first-order valence-corrected chi connectivity index (χ1v) is 5.44.